The number of carbonyl (C=O) groups excluding carboxylic acids is 1. The van der Waals surface area contributed by atoms with Gasteiger partial charge in [0.1, 0.15) is 0 Å². The van der Waals surface area contributed by atoms with E-state index >= 15 is 0 Å². The van der Waals surface area contributed by atoms with Gasteiger partial charge in [0.15, 0.2) is 0 Å². The smallest absolute Gasteiger partial charge is 0.333 e. The predicted octanol–water partition coefficient (Wildman–Crippen LogP) is 0.893. The number of hydrogen-bond donors (Lipinski definition) is 1. The van der Waals surface area contributed by atoms with Gasteiger partial charge in [0.05, 0.1) is 12.7 Å². The van der Waals surface area contributed by atoms with Crippen LogP contribution in [0.4, 0.5) is 0 Å². The molecule has 0 aromatic rings. The highest BCUT2D eigenvalue weighted by atomic mass is 16.5. The van der Waals surface area contributed by atoms with Crippen molar-refractivity contribution in [1.29, 1.82) is 0 Å². The molecular formula is C10H18O4. The van der Waals surface area contributed by atoms with Gasteiger partial charge in [-0.2, -0.15) is 0 Å². The summed E-state index contributed by atoms with van der Waals surface area (Å²) in [5, 5.41) is 8.70. The number of ether oxygens (including phenoxy) is 2. The SMILES string of the molecule is CCOC(=O)/C(C)=C/C(CCO)OC. The standard InChI is InChI=1S/C10H18O4/c1-4-14-10(12)8(2)7-9(13-3)5-6-11/h7,9,11H,4-6H2,1-3H3/b8-7+. The first-order valence-corrected chi connectivity index (χ1v) is 4.64. The third-order valence-corrected chi connectivity index (χ3v) is 1.75. The quantitative estimate of drug-likeness (QED) is 0.513. The maximum absolute atomic E-state index is 11.2. The van der Waals surface area contributed by atoms with Crippen LogP contribution in [0, 0.1) is 0 Å². The maximum atomic E-state index is 11.2. The van der Waals surface area contributed by atoms with E-state index in [0.717, 1.165) is 0 Å². The number of methoxy groups -OCH3 is 1. The third kappa shape index (κ3) is 4.99. The molecule has 0 saturated carbocycles. The van der Waals surface area contributed by atoms with E-state index in [0.29, 0.717) is 18.6 Å². The molecule has 0 spiro atoms. The molecular weight excluding hydrogens is 184 g/mol. The number of rotatable bonds is 6. The minimum atomic E-state index is -0.340. The van der Waals surface area contributed by atoms with Crippen molar-refractivity contribution in [2.75, 3.05) is 20.3 Å². The Labute approximate surface area is 84.5 Å². The average Bonchev–Trinajstić information content (AvgIpc) is 2.17. The number of carbonyl (C=O) groups is 1. The van der Waals surface area contributed by atoms with E-state index < -0.39 is 0 Å². The minimum Gasteiger partial charge on any atom is -0.463 e. The molecule has 1 N–H and O–H groups in total. The van der Waals surface area contributed by atoms with Crippen molar-refractivity contribution in [3.63, 3.8) is 0 Å². The first-order valence-electron chi connectivity index (χ1n) is 4.64. The molecule has 0 aromatic heterocycles. The Balaban J connectivity index is 4.23. The fraction of sp³-hybridized carbons (Fsp3) is 0.700. The van der Waals surface area contributed by atoms with Crippen LogP contribution in [0.2, 0.25) is 0 Å². The van der Waals surface area contributed by atoms with E-state index in [-0.39, 0.29) is 18.7 Å². The molecule has 1 atom stereocenters. The van der Waals surface area contributed by atoms with Crippen LogP contribution in [0.25, 0.3) is 0 Å². The van der Waals surface area contributed by atoms with Crippen LogP contribution in [0.3, 0.4) is 0 Å². The molecule has 4 heteroatoms. The summed E-state index contributed by atoms with van der Waals surface area (Å²) in [4.78, 5) is 11.2. The van der Waals surface area contributed by atoms with Gasteiger partial charge >= 0.3 is 5.97 Å². The lowest BCUT2D eigenvalue weighted by atomic mass is 10.2. The normalized spacial score (nSPS) is 13.9. The summed E-state index contributed by atoms with van der Waals surface area (Å²) in [6.45, 7) is 3.82. The van der Waals surface area contributed by atoms with Crippen LogP contribution in [0.1, 0.15) is 20.3 Å². The Hall–Kier alpha value is -0.870. The molecule has 0 bridgehead atoms. The van der Waals surface area contributed by atoms with E-state index in [1.54, 1.807) is 19.9 Å². The Morgan fingerprint density at radius 2 is 2.21 bits per heavy atom. The molecule has 0 aromatic carbocycles. The molecule has 0 rings (SSSR count). The molecule has 82 valence electrons. The first-order chi connectivity index (χ1) is 6.65. The lowest BCUT2D eigenvalue weighted by molar-refractivity contribution is -0.138. The summed E-state index contributed by atoms with van der Waals surface area (Å²) < 4.78 is 9.85. The van der Waals surface area contributed by atoms with Crippen LogP contribution in [0.5, 0.6) is 0 Å². The zero-order valence-electron chi connectivity index (χ0n) is 8.95. The predicted molar refractivity (Wildman–Crippen MR) is 52.9 cm³/mol. The van der Waals surface area contributed by atoms with Gasteiger partial charge in [-0.05, 0) is 19.9 Å². The van der Waals surface area contributed by atoms with E-state index in [1.165, 1.54) is 7.11 Å². The Kier molecular flexibility index (Phi) is 7.06. The van der Waals surface area contributed by atoms with Gasteiger partial charge < -0.3 is 14.6 Å². The van der Waals surface area contributed by atoms with Gasteiger partial charge in [-0.15, -0.1) is 0 Å². The van der Waals surface area contributed by atoms with Crippen molar-refractivity contribution in [1.82, 2.24) is 0 Å². The van der Waals surface area contributed by atoms with Gasteiger partial charge in [0.25, 0.3) is 0 Å². The average molecular weight is 202 g/mol. The van der Waals surface area contributed by atoms with E-state index in [9.17, 15) is 4.79 Å². The fourth-order valence-corrected chi connectivity index (χ4v) is 0.988. The summed E-state index contributed by atoms with van der Waals surface area (Å²) in [5.74, 6) is -0.340. The Morgan fingerprint density at radius 1 is 1.57 bits per heavy atom. The summed E-state index contributed by atoms with van der Waals surface area (Å²) in [7, 11) is 1.54. The van der Waals surface area contributed by atoms with Crippen molar-refractivity contribution in [3.05, 3.63) is 11.6 Å². The van der Waals surface area contributed by atoms with Crippen LogP contribution < -0.4 is 0 Å². The lowest BCUT2D eigenvalue weighted by Crippen LogP contribution is -2.13. The second kappa shape index (κ2) is 7.53. The first kappa shape index (κ1) is 13.1. The Bertz CT molecular complexity index is 198. The zero-order valence-corrected chi connectivity index (χ0v) is 8.95. The van der Waals surface area contributed by atoms with Gasteiger partial charge in [-0.3, -0.25) is 0 Å². The third-order valence-electron chi connectivity index (χ3n) is 1.75. The number of hydrogen-bond acceptors (Lipinski definition) is 4. The van der Waals surface area contributed by atoms with Crippen LogP contribution >= 0.6 is 0 Å². The van der Waals surface area contributed by atoms with Gasteiger partial charge in [0, 0.05) is 25.7 Å². The highest BCUT2D eigenvalue weighted by Gasteiger charge is 2.08. The molecule has 1 unspecified atom stereocenters. The van der Waals surface area contributed by atoms with Gasteiger partial charge in [-0.1, -0.05) is 0 Å². The monoisotopic (exact) mass is 202 g/mol. The summed E-state index contributed by atoms with van der Waals surface area (Å²) in [6, 6.07) is 0. The second-order valence-corrected chi connectivity index (χ2v) is 2.86. The van der Waals surface area contributed by atoms with Gasteiger partial charge in [0.2, 0.25) is 0 Å². The maximum Gasteiger partial charge on any atom is 0.333 e. The number of aliphatic hydroxyl groups excluding tert-OH is 1. The zero-order chi connectivity index (χ0) is 11.0. The van der Waals surface area contributed by atoms with Crippen molar-refractivity contribution >= 4 is 5.97 Å². The molecule has 0 amide bonds. The molecule has 0 radical (unpaired) electrons. The van der Waals surface area contributed by atoms with E-state index in [1.807, 2.05) is 0 Å². The van der Waals surface area contributed by atoms with E-state index in [4.69, 9.17) is 14.6 Å². The summed E-state index contributed by atoms with van der Waals surface area (Å²) in [6.07, 6.45) is 1.91. The van der Waals surface area contributed by atoms with Crippen molar-refractivity contribution in [2.24, 2.45) is 0 Å². The summed E-state index contributed by atoms with van der Waals surface area (Å²) in [5.41, 5.74) is 0.507. The molecule has 0 heterocycles. The molecule has 14 heavy (non-hydrogen) atoms. The fourth-order valence-electron chi connectivity index (χ4n) is 0.988. The molecule has 0 saturated heterocycles. The van der Waals surface area contributed by atoms with Crippen LogP contribution in [0.15, 0.2) is 11.6 Å². The second-order valence-electron chi connectivity index (χ2n) is 2.86. The molecule has 4 nitrogen and oxygen atoms in total. The summed E-state index contributed by atoms with van der Waals surface area (Å²) >= 11 is 0. The highest BCUT2D eigenvalue weighted by Crippen LogP contribution is 2.04. The molecule has 0 aliphatic heterocycles. The lowest BCUT2D eigenvalue weighted by Gasteiger charge is -2.10. The topological polar surface area (TPSA) is 55.8 Å². The molecule has 0 aliphatic rings. The van der Waals surface area contributed by atoms with Crippen molar-refractivity contribution in [2.45, 2.75) is 26.4 Å². The molecule has 0 aliphatic carbocycles. The largest absolute Gasteiger partial charge is 0.463 e. The minimum absolute atomic E-state index is 0.0328. The van der Waals surface area contributed by atoms with Gasteiger partial charge in [-0.25, -0.2) is 4.79 Å². The van der Waals surface area contributed by atoms with Crippen LogP contribution in [-0.2, 0) is 14.3 Å². The Morgan fingerprint density at radius 3 is 2.64 bits per heavy atom. The number of esters is 1. The van der Waals surface area contributed by atoms with Crippen molar-refractivity contribution in [3.8, 4) is 0 Å². The highest BCUT2D eigenvalue weighted by molar-refractivity contribution is 5.87. The number of aliphatic hydroxyl groups is 1. The van der Waals surface area contributed by atoms with Crippen LogP contribution in [-0.4, -0.2) is 37.5 Å². The van der Waals surface area contributed by atoms with Crippen molar-refractivity contribution < 1.29 is 19.4 Å². The molecule has 0 fully saturated rings. The van der Waals surface area contributed by atoms with E-state index in [2.05, 4.69) is 0 Å².